The number of unbranched alkanes of at least 4 members (excludes halogenated alkanes) is 2. The molecule has 15 heavy (non-hydrogen) atoms. The molecular formula is C13H17BrO. The summed E-state index contributed by atoms with van der Waals surface area (Å²) in [6.45, 7) is 2.21. The highest BCUT2D eigenvalue weighted by atomic mass is 79.9. The Morgan fingerprint density at radius 1 is 1.33 bits per heavy atom. The van der Waals surface area contributed by atoms with Gasteiger partial charge in [-0.2, -0.15) is 0 Å². The van der Waals surface area contributed by atoms with Gasteiger partial charge in [0.05, 0.1) is 0 Å². The fourth-order valence-corrected chi connectivity index (χ4v) is 2.17. The van der Waals surface area contributed by atoms with Gasteiger partial charge in [-0.3, -0.25) is 0 Å². The first-order chi connectivity index (χ1) is 7.27. The Morgan fingerprint density at radius 3 is 2.73 bits per heavy atom. The van der Waals surface area contributed by atoms with Gasteiger partial charge in [0.1, 0.15) is 6.29 Å². The first-order valence-corrected chi connectivity index (χ1v) is 6.28. The molecule has 1 rings (SSSR count). The van der Waals surface area contributed by atoms with Gasteiger partial charge in [0.15, 0.2) is 0 Å². The van der Waals surface area contributed by atoms with Crippen molar-refractivity contribution < 1.29 is 4.79 Å². The number of hydrogen-bond acceptors (Lipinski definition) is 1. The summed E-state index contributed by atoms with van der Waals surface area (Å²) in [5, 5.41) is 0. The molecule has 0 atom stereocenters. The quantitative estimate of drug-likeness (QED) is 0.565. The van der Waals surface area contributed by atoms with Crippen LogP contribution in [0.4, 0.5) is 0 Å². The van der Waals surface area contributed by atoms with Crippen molar-refractivity contribution in [2.45, 2.75) is 39.0 Å². The van der Waals surface area contributed by atoms with Crippen LogP contribution in [0.15, 0.2) is 22.7 Å². The molecule has 0 heterocycles. The van der Waals surface area contributed by atoms with E-state index in [0.29, 0.717) is 6.42 Å². The Bertz CT molecular complexity index is 320. The highest BCUT2D eigenvalue weighted by Gasteiger charge is 2.00. The normalized spacial score (nSPS) is 10.3. The number of aldehydes is 1. The van der Waals surface area contributed by atoms with Crippen LogP contribution in [0, 0.1) is 0 Å². The van der Waals surface area contributed by atoms with E-state index in [2.05, 4.69) is 35.0 Å². The first-order valence-electron chi connectivity index (χ1n) is 5.49. The van der Waals surface area contributed by atoms with Gasteiger partial charge in [-0.25, -0.2) is 0 Å². The molecule has 0 spiro atoms. The summed E-state index contributed by atoms with van der Waals surface area (Å²) in [7, 11) is 0. The van der Waals surface area contributed by atoms with Crippen molar-refractivity contribution in [2.24, 2.45) is 0 Å². The van der Waals surface area contributed by atoms with Crippen LogP contribution in [0.1, 0.15) is 37.3 Å². The second-order valence-corrected chi connectivity index (χ2v) is 4.61. The summed E-state index contributed by atoms with van der Waals surface area (Å²) in [4.78, 5) is 10.4. The summed E-state index contributed by atoms with van der Waals surface area (Å²) in [5.41, 5.74) is 2.43. The third-order valence-electron chi connectivity index (χ3n) is 2.49. The summed E-state index contributed by atoms with van der Waals surface area (Å²) >= 11 is 3.50. The number of hydrogen-bond donors (Lipinski definition) is 0. The van der Waals surface area contributed by atoms with Crippen molar-refractivity contribution in [3.8, 4) is 0 Å². The van der Waals surface area contributed by atoms with Gasteiger partial charge in [0.2, 0.25) is 0 Å². The molecule has 0 radical (unpaired) electrons. The van der Waals surface area contributed by atoms with E-state index in [4.69, 9.17) is 0 Å². The van der Waals surface area contributed by atoms with Crippen LogP contribution in [0.2, 0.25) is 0 Å². The second kappa shape index (κ2) is 6.78. The van der Waals surface area contributed by atoms with Crippen molar-refractivity contribution in [3.05, 3.63) is 33.8 Å². The van der Waals surface area contributed by atoms with Crippen LogP contribution in [-0.2, 0) is 17.6 Å². The maximum atomic E-state index is 10.4. The van der Waals surface area contributed by atoms with Gasteiger partial charge in [0.25, 0.3) is 0 Å². The molecule has 0 unspecified atom stereocenters. The molecule has 0 aliphatic carbocycles. The van der Waals surface area contributed by atoms with Gasteiger partial charge < -0.3 is 4.79 Å². The molecule has 0 N–H and O–H groups in total. The molecule has 1 nitrogen and oxygen atoms in total. The lowest BCUT2D eigenvalue weighted by Crippen LogP contribution is -1.91. The van der Waals surface area contributed by atoms with Crippen LogP contribution in [0.3, 0.4) is 0 Å². The fraction of sp³-hybridized carbons (Fsp3) is 0.462. The summed E-state index contributed by atoms with van der Waals surface area (Å²) in [6.07, 6.45) is 6.36. The molecule has 82 valence electrons. The molecule has 0 saturated heterocycles. The van der Waals surface area contributed by atoms with Crippen LogP contribution >= 0.6 is 15.9 Å². The van der Waals surface area contributed by atoms with Crippen molar-refractivity contribution in [1.29, 1.82) is 0 Å². The summed E-state index contributed by atoms with van der Waals surface area (Å²) in [5.74, 6) is 0. The van der Waals surface area contributed by atoms with E-state index in [1.165, 1.54) is 24.8 Å². The SMILES string of the molecule is CCCCCc1ccc(CC=O)c(Br)c1. The highest BCUT2D eigenvalue weighted by molar-refractivity contribution is 9.10. The van der Waals surface area contributed by atoms with Crippen molar-refractivity contribution in [1.82, 2.24) is 0 Å². The Labute approximate surface area is 100 Å². The maximum Gasteiger partial charge on any atom is 0.124 e. The number of rotatable bonds is 6. The van der Waals surface area contributed by atoms with Gasteiger partial charge in [-0.15, -0.1) is 0 Å². The zero-order valence-corrected chi connectivity index (χ0v) is 10.7. The zero-order valence-electron chi connectivity index (χ0n) is 9.13. The minimum absolute atomic E-state index is 0.496. The minimum atomic E-state index is 0.496. The van der Waals surface area contributed by atoms with E-state index in [9.17, 15) is 4.79 Å². The predicted molar refractivity (Wildman–Crippen MR) is 67.1 cm³/mol. The lowest BCUT2D eigenvalue weighted by Gasteiger charge is -2.05. The van der Waals surface area contributed by atoms with E-state index in [0.717, 1.165) is 22.7 Å². The van der Waals surface area contributed by atoms with Gasteiger partial charge in [0, 0.05) is 10.9 Å². The Kier molecular flexibility index (Phi) is 5.62. The lowest BCUT2D eigenvalue weighted by molar-refractivity contribution is -0.107. The number of carbonyl (C=O) groups excluding carboxylic acids is 1. The predicted octanol–water partition coefficient (Wildman–Crippen LogP) is 3.92. The van der Waals surface area contributed by atoms with Crippen LogP contribution in [0.5, 0.6) is 0 Å². The molecule has 1 aromatic rings. The number of halogens is 1. The third kappa shape index (κ3) is 4.17. The van der Waals surface area contributed by atoms with E-state index in [1.54, 1.807) is 0 Å². The van der Waals surface area contributed by atoms with E-state index >= 15 is 0 Å². The molecule has 2 heteroatoms. The Hall–Kier alpha value is -0.630. The summed E-state index contributed by atoms with van der Waals surface area (Å²) in [6, 6.07) is 6.30. The Balaban J connectivity index is 2.60. The molecule has 0 aliphatic rings. The van der Waals surface area contributed by atoms with E-state index in [1.807, 2.05) is 6.07 Å². The monoisotopic (exact) mass is 268 g/mol. The van der Waals surface area contributed by atoms with Crippen LogP contribution in [0.25, 0.3) is 0 Å². The number of benzene rings is 1. The zero-order chi connectivity index (χ0) is 11.1. The van der Waals surface area contributed by atoms with Gasteiger partial charge >= 0.3 is 0 Å². The van der Waals surface area contributed by atoms with Gasteiger partial charge in [-0.1, -0.05) is 47.8 Å². The van der Waals surface area contributed by atoms with E-state index in [-0.39, 0.29) is 0 Å². The minimum Gasteiger partial charge on any atom is -0.303 e. The fourth-order valence-electron chi connectivity index (χ4n) is 1.58. The molecule has 0 amide bonds. The summed E-state index contributed by atoms with van der Waals surface area (Å²) < 4.78 is 1.06. The lowest BCUT2D eigenvalue weighted by atomic mass is 10.0. The second-order valence-electron chi connectivity index (χ2n) is 3.75. The van der Waals surface area contributed by atoms with E-state index < -0.39 is 0 Å². The van der Waals surface area contributed by atoms with Crippen LogP contribution in [-0.4, -0.2) is 6.29 Å². The molecule has 0 saturated carbocycles. The molecular weight excluding hydrogens is 252 g/mol. The molecule has 1 aromatic carbocycles. The standard InChI is InChI=1S/C13H17BrO/c1-2-3-4-5-11-6-7-12(8-9-15)13(14)10-11/h6-7,9-10H,2-5,8H2,1H3. The van der Waals surface area contributed by atoms with Crippen molar-refractivity contribution in [3.63, 3.8) is 0 Å². The largest absolute Gasteiger partial charge is 0.303 e. The average molecular weight is 269 g/mol. The third-order valence-corrected chi connectivity index (χ3v) is 3.23. The molecule has 0 fully saturated rings. The molecule has 0 aromatic heterocycles. The number of carbonyl (C=O) groups is 1. The topological polar surface area (TPSA) is 17.1 Å². The maximum absolute atomic E-state index is 10.4. The van der Waals surface area contributed by atoms with Crippen molar-refractivity contribution in [2.75, 3.05) is 0 Å². The molecule has 0 bridgehead atoms. The van der Waals surface area contributed by atoms with Crippen LogP contribution < -0.4 is 0 Å². The first kappa shape index (κ1) is 12.4. The Morgan fingerprint density at radius 2 is 2.13 bits per heavy atom. The smallest absolute Gasteiger partial charge is 0.124 e. The average Bonchev–Trinajstić information content (AvgIpc) is 2.23. The van der Waals surface area contributed by atoms with Gasteiger partial charge in [-0.05, 0) is 30.0 Å². The molecule has 0 aliphatic heterocycles. The number of aryl methyl sites for hydroxylation is 1. The highest BCUT2D eigenvalue weighted by Crippen LogP contribution is 2.20. The van der Waals surface area contributed by atoms with Crippen molar-refractivity contribution >= 4 is 22.2 Å².